The van der Waals surface area contributed by atoms with Crippen LogP contribution in [0, 0.1) is 20.8 Å². The number of rotatable bonds is 4. The summed E-state index contributed by atoms with van der Waals surface area (Å²) in [7, 11) is -2.13. The van der Waals surface area contributed by atoms with Crippen LogP contribution < -0.4 is 4.72 Å². The van der Waals surface area contributed by atoms with E-state index in [-0.39, 0.29) is 10.7 Å². The van der Waals surface area contributed by atoms with E-state index in [4.69, 9.17) is 0 Å². The number of fused-ring (bicyclic) bond motifs is 1. The number of nitrogens with one attached hydrogen (secondary N) is 1. The van der Waals surface area contributed by atoms with Crippen LogP contribution in [0.3, 0.4) is 0 Å². The number of sulfonamides is 1. The number of aromatic nitrogens is 7. The largest absolute Gasteiger partial charge is 0.264 e. The molecule has 4 heterocycles. The zero-order valence-electron chi connectivity index (χ0n) is 15.7. The molecule has 0 saturated carbocycles. The second-order valence-electron chi connectivity index (χ2n) is 6.47. The molecule has 0 aromatic carbocycles. The van der Waals surface area contributed by atoms with Crippen molar-refractivity contribution in [1.29, 1.82) is 0 Å². The average Bonchev–Trinajstić information content (AvgIpc) is 3.14. The Morgan fingerprint density at radius 1 is 1.00 bits per heavy atom. The number of anilines is 1. The lowest BCUT2D eigenvalue weighted by Gasteiger charge is -2.10. The fourth-order valence-electron chi connectivity index (χ4n) is 2.88. The van der Waals surface area contributed by atoms with E-state index in [2.05, 4.69) is 30.1 Å². The van der Waals surface area contributed by atoms with Crippen LogP contribution in [0.4, 0.5) is 5.82 Å². The molecule has 0 saturated heterocycles. The summed E-state index contributed by atoms with van der Waals surface area (Å²) in [5.41, 5.74) is 2.71. The van der Waals surface area contributed by atoms with Gasteiger partial charge in [0.15, 0.2) is 11.5 Å². The third kappa shape index (κ3) is 3.09. The van der Waals surface area contributed by atoms with Gasteiger partial charge in [-0.05, 0) is 39.0 Å². The van der Waals surface area contributed by atoms with Gasteiger partial charge in [0, 0.05) is 24.7 Å². The molecule has 0 aliphatic carbocycles. The summed E-state index contributed by atoms with van der Waals surface area (Å²) in [6.45, 7) is 5.39. The first-order valence-corrected chi connectivity index (χ1v) is 9.92. The van der Waals surface area contributed by atoms with Crippen molar-refractivity contribution >= 4 is 26.9 Å². The minimum atomic E-state index is -3.90. The van der Waals surface area contributed by atoms with Crippen molar-refractivity contribution in [3.05, 3.63) is 47.5 Å². The van der Waals surface area contributed by atoms with Crippen LogP contribution in [-0.4, -0.2) is 43.2 Å². The third-order valence-corrected chi connectivity index (χ3v) is 5.54. The highest BCUT2D eigenvalue weighted by molar-refractivity contribution is 7.92. The van der Waals surface area contributed by atoms with Gasteiger partial charge in [-0.15, -0.1) is 5.10 Å². The van der Waals surface area contributed by atoms with Crippen LogP contribution in [0.5, 0.6) is 0 Å². The summed E-state index contributed by atoms with van der Waals surface area (Å²) in [5, 5.41) is 17.3. The fraction of sp³-hybridized carbons (Fsp3) is 0.235. The van der Waals surface area contributed by atoms with Crippen molar-refractivity contribution in [2.24, 2.45) is 7.05 Å². The zero-order valence-corrected chi connectivity index (χ0v) is 16.6. The lowest BCUT2D eigenvalue weighted by Crippen LogP contribution is -2.16. The van der Waals surface area contributed by atoms with Gasteiger partial charge >= 0.3 is 0 Å². The maximum Gasteiger partial charge on any atom is 0.264 e. The van der Waals surface area contributed by atoms with Crippen LogP contribution in [0.1, 0.15) is 17.1 Å². The Balaban J connectivity index is 1.75. The first-order valence-electron chi connectivity index (χ1n) is 8.44. The second kappa shape index (κ2) is 6.37. The highest BCUT2D eigenvalue weighted by Gasteiger charge is 2.21. The molecule has 4 aromatic heterocycles. The molecule has 4 aromatic rings. The molecule has 0 fully saturated rings. The number of nitrogens with zero attached hydrogens (tertiary/aromatic N) is 7. The fourth-order valence-corrected chi connectivity index (χ4v) is 3.89. The third-order valence-electron chi connectivity index (χ3n) is 4.22. The lowest BCUT2D eigenvalue weighted by atomic mass is 10.3. The number of aryl methyl sites for hydroxylation is 4. The minimum absolute atomic E-state index is 0.0384. The lowest BCUT2D eigenvalue weighted by molar-refractivity contribution is 0.600. The van der Waals surface area contributed by atoms with Crippen molar-refractivity contribution in [3.8, 4) is 5.82 Å². The van der Waals surface area contributed by atoms with Gasteiger partial charge in [0.1, 0.15) is 10.7 Å². The SMILES string of the molecule is Cc1ccc(-n2nc(C)cc2NS(=O)(=O)c2cnc3c(c2)c(C)nn3C)nn1. The predicted molar refractivity (Wildman–Crippen MR) is 103 cm³/mol. The standard InChI is InChI=1S/C17H18N8O2S/c1-10-5-6-15(20-19-10)25-16(7-11(2)21-25)23-28(26,27)13-8-14-12(3)22-24(4)17(14)18-9-13/h5-9,23H,1-4H3. The summed E-state index contributed by atoms with van der Waals surface area (Å²) in [6.07, 6.45) is 1.31. The van der Waals surface area contributed by atoms with Crippen molar-refractivity contribution in [2.75, 3.05) is 4.72 Å². The molecule has 28 heavy (non-hydrogen) atoms. The minimum Gasteiger partial charge on any atom is -0.263 e. The molecule has 0 spiro atoms. The van der Waals surface area contributed by atoms with Crippen LogP contribution in [0.15, 0.2) is 35.4 Å². The topological polar surface area (TPSA) is 120 Å². The maximum absolute atomic E-state index is 13.0. The van der Waals surface area contributed by atoms with Crippen molar-refractivity contribution in [2.45, 2.75) is 25.7 Å². The molecule has 0 radical (unpaired) electrons. The number of hydrogen-bond acceptors (Lipinski definition) is 7. The van der Waals surface area contributed by atoms with E-state index < -0.39 is 10.0 Å². The summed E-state index contributed by atoms with van der Waals surface area (Å²) in [6, 6.07) is 6.69. The van der Waals surface area contributed by atoms with E-state index >= 15 is 0 Å². The highest BCUT2D eigenvalue weighted by Crippen LogP contribution is 2.23. The molecule has 0 atom stereocenters. The van der Waals surface area contributed by atoms with Crippen LogP contribution >= 0.6 is 0 Å². The monoisotopic (exact) mass is 398 g/mol. The maximum atomic E-state index is 13.0. The Hall–Kier alpha value is -3.34. The highest BCUT2D eigenvalue weighted by atomic mass is 32.2. The Labute approximate surface area is 161 Å². The van der Waals surface area contributed by atoms with E-state index in [0.717, 1.165) is 5.69 Å². The molecule has 0 aliphatic heterocycles. The van der Waals surface area contributed by atoms with E-state index in [9.17, 15) is 8.42 Å². The predicted octanol–water partition coefficient (Wildman–Crippen LogP) is 1.67. The number of hydrogen-bond donors (Lipinski definition) is 1. The van der Waals surface area contributed by atoms with Crippen LogP contribution in [0.2, 0.25) is 0 Å². The van der Waals surface area contributed by atoms with Crippen molar-refractivity contribution in [1.82, 2.24) is 34.7 Å². The molecular formula is C17H18N8O2S. The zero-order chi connectivity index (χ0) is 20.1. The molecule has 0 unspecified atom stereocenters. The van der Waals surface area contributed by atoms with E-state index in [1.54, 1.807) is 42.9 Å². The van der Waals surface area contributed by atoms with Gasteiger partial charge < -0.3 is 0 Å². The quantitative estimate of drug-likeness (QED) is 0.555. The summed E-state index contributed by atoms with van der Waals surface area (Å²) >= 11 is 0. The summed E-state index contributed by atoms with van der Waals surface area (Å²) in [4.78, 5) is 4.28. The van der Waals surface area contributed by atoms with Crippen LogP contribution in [-0.2, 0) is 17.1 Å². The number of pyridine rings is 1. The smallest absolute Gasteiger partial charge is 0.263 e. The van der Waals surface area contributed by atoms with Crippen molar-refractivity contribution in [3.63, 3.8) is 0 Å². The van der Waals surface area contributed by atoms with Crippen molar-refractivity contribution < 1.29 is 8.42 Å². The summed E-state index contributed by atoms with van der Waals surface area (Å²) < 4.78 is 31.5. The van der Waals surface area contributed by atoms with Gasteiger partial charge in [-0.3, -0.25) is 9.40 Å². The molecule has 11 heteroatoms. The van der Waals surface area contributed by atoms with Gasteiger partial charge in [-0.2, -0.15) is 20.0 Å². The van der Waals surface area contributed by atoms with E-state index in [0.29, 0.717) is 28.2 Å². The average molecular weight is 398 g/mol. The van der Waals surface area contributed by atoms with Gasteiger partial charge in [0.2, 0.25) is 0 Å². The normalized spacial score (nSPS) is 11.9. The van der Waals surface area contributed by atoms with E-state index in [1.165, 1.54) is 10.9 Å². The van der Waals surface area contributed by atoms with Crippen LogP contribution in [0.25, 0.3) is 16.9 Å². The molecule has 1 N–H and O–H groups in total. The van der Waals surface area contributed by atoms with Gasteiger partial charge in [-0.1, -0.05) is 0 Å². The molecule has 0 bridgehead atoms. The molecule has 144 valence electrons. The van der Waals surface area contributed by atoms with E-state index in [1.807, 2.05) is 13.8 Å². The molecule has 4 rings (SSSR count). The first-order chi connectivity index (χ1) is 13.2. The molecule has 0 amide bonds. The first kappa shape index (κ1) is 18.0. The Kier molecular flexibility index (Phi) is 4.11. The second-order valence-corrected chi connectivity index (χ2v) is 8.15. The van der Waals surface area contributed by atoms with Gasteiger partial charge in [0.25, 0.3) is 10.0 Å². The summed E-state index contributed by atoms with van der Waals surface area (Å²) in [5.74, 6) is 0.673. The Morgan fingerprint density at radius 2 is 1.79 bits per heavy atom. The molecular weight excluding hydrogens is 380 g/mol. The molecule has 10 nitrogen and oxygen atoms in total. The Bertz CT molecular complexity index is 1290. The van der Waals surface area contributed by atoms with Gasteiger partial charge in [0.05, 0.1) is 17.1 Å². The Morgan fingerprint density at radius 3 is 2.50 bits per heavy atom. The molecule has 0 aliphatic rings. The van der Waals surface area contributed by atoms with Gasteiger partial charge in [-0.25, -0.2) is 13.4 Å².